The lowest BCUT2D eigenvalue weighted by molar-refractivity contribution is -0.125. The molecule has 1 aromatic heterocycles. The van der Waals surface area contributed by atoms with Gasteiger partial charge >= 0.3 is 0 Å². The Kier molecular flexibility index (Phi) is 4.57. The van der Waals surface area contributed by atoms with E-state index < -0.39 is 9.84 Å². The molecular weight excluding hydrogens is 334 g/mol. The fourth-order valence-corrected chi connectivity index (χ4v) is 3.43. The van der Waals surface area contributed by atoms with Gasteiger partial charge < -0.3 is 19.4 Å². The zero-order chi connectivity index (χ0) is 17.3. The molecule has 130 valence electrons. The van der Waals surface area contributed by atoms with Crippen molar-refractivity contribution in [2.75, 3.05) is 33.1 Å². The summed E-state index contributed by atoms with van der Waals surface area (Å²) in [5.41, 5.74) is 1.43. The van der Waals surface area contributed by atoms with E-state index in [1.54, 1.807) is 18.2 Å². The van der Waals surface area contributed by atoms with Crippen molar-refractivity contribution in [3.63, 3.8) is 0 Å². The molecule has 1 aliphatic rings. The molecule has 8 nitrogen and oxygen atoms in total. The summed E-state index contributed by atoms with van der Waals surface area (Å²) in [6.45, 7) is 1.18. The summed E-state index contributed by atoms with van der Waals surface area (Å²) in [4.78, 5) is 16.3. The monoisotopic (exact) mass is 353 g/mol. The summed E-state index contributed by atoms with van der Waals surface area (Å²) in [5, 5.41) is 2.80. The number of hydrogen-bond donors (Lipinski definition) is 1. The lowest BCUT2D eigenvalue weighted by Gasteiger charge is -2.26. The standard InChI is InChI=1S/C15H19N3O5S/c1-22-9-15(19)16-6-10-7-23-8-14-17-12-5-11(24(2,20)21)3-4-13(12)18(10)14/h3-5,10H,6-9H2,1-2H3,(H,16,19)/t10-/m0/s1. The molecule has 3 rings (SSSR count). The van der Waals surface area contributed by atoms with Crippen molar-refractivity contribution in [3.05, 3.63) is 24.0 Å². The molecule has 2 heterocycles. The molecule has 0 saturated carbocycles. The molecule has 1 aromatic carbocycles. The Hall–Kier alpha value is -1.97. The van der Waals surface area contributed by atoms with Crippen LogP contribution in [0.25, 0.3) is 11.0 Å². The maximum atomic E-state index is 11.7. The number of carbonyl (C=O) groups is 1. The van der Waals surface area contributed by atoms with E-state index in [1.165, 1.54) is 13.4 Å². The minimum atomic E-state index is -3.29. The number of nitrogens with one attached hydrogen (secondary N) is 1. The second-order valence-electron chi connectivity index (χ2n) is 5.73. The highest BCUT2D eigenvalue weighted by Crippen LogP contribution is 2.27. The van der Waals surface area contributed by atoms with Crippen LogP contribution in [0, 0.1) is 0 Å². The summed E-state index contributed by atoms with van der Waals surface area (Å²) in [5.74, 6) is 0.515. The third-order valence-electron chi connectivity index (χ3n) is 3.88. The topological polar surface area (TPSA) is 99.5 Å². The van der Waals surface area contributed by atoms with Crippen molar-refractivity contribution in [3.8, 4) is 0 Å². The van der Waals surface area contributed by atoms with Crippen LogP contribution in [0.2, 0.25) is 0 Å². The summed E-state index contributed by atoms with van der Waals surface area (Å²) in [6.07, 6.45) is 1.17. The number of amides is 1. The lowest BCUT2D eigenvalue weighted by Crippen LogP contribution is -2.37. The fraction of sp³-hybridized carbons (Fsp3) is 0.467. The number of rotatable bonds is 5. The predicted molar refractivity (Wildman–Crippen MR) is 86.4 cm³/mol. The molecule has 0 fully saturated rings. The smallest absolute Gasteiger partial charge is 0.246 e. The van der Waals surface area contributed by atoms with E-state index in [1.807, 2.05) is 4.57 Å². The number of imidazole rings is 1. The first-order chi connectivity index (χ1) is 11.4. The molecule has 1 aliphatic heterocycles. The van der Waals surface area contributed by atoms with Gasteiger partial charge in [-0.05, 0) is 18.2 Å². The predicted octanol–water partition coefficient (Wildman–Crippen LogP) is 0.274. The van der Waals surface area contributed by atoms with Crippen molar-refractivity contribution in [1.82, 2.24) is 14.9 Å². The van der Waals surface area contributed by atoms with Crippen molar-refractivity contribution in [2.24, 2.45) is 0 Å². The first-order valence-corrected chi connectivity index (χ1v) is 9.33. The highest BCUT2D eigenvalue weighted by atomic mass is 32.2. The molecule has 24 heavy (non-hydrogen) atoms. The summed E-state index contributed by atoms with van der Waals surface area (Å²) in [6, 6.07) is 4.78. The van der Waals surface area contributed by atoms with Gasteiger partial charge in [-0.15, -0.1) is 0 Å². The summed E-state index contributed by atoms with van der Waals surface area (Å²) >= 11 is 0. The van der Waals surface area contributed by atoms with Gasteiger partial charge in [-0.1, -0.05) is 0 Å². The fourth-order valence-electron chi connectivity index (χ4n) is 2.79. The van der Waals surface area contributed by atoms with Crippen LogP contribution in [0.4, 0.5) is 0 Å². The van der Waals surface area contributed by atoms with E-state index in [-0.39, 0.29) is 23.5 Å². The van der Waals surface area contributed by atoms with Crippen molar-refractivity contribution < 1.29 is 22.7 Å². The highest BCUT2D eigenvalue weighted by molar-refractivity contribution is 7.90. The molecule has 0 aliphatic carbocycles. The van der Waals surface area contributed by atoms with Crippen LogP contribution < -0.4 is 5.32 Å². The van der Waals surface area contributed by atoms with E-state index >= 15 is 0 Å². The molecular formula is C15H19N3O5S. The maximum absolute atomic E-state index is 11.7. The second-order valence-corrected chi connectivity index (χ2v) is 7.74. The largest absolute Gasteiger partial charge is 0.375 e. The average Bonchev–Trinajstić information content (AvgIpc) is 2.90. The van der Waals surface area contributed by atoms with Crippen LogP contribution in [-0.4, -0.2) is 57.0 Å². The number of carbonyl (C=O) groups excluding carboxylic acids is 1. The molecule has 0 unspecified atom stereocenters. The van der Waals surface area contributed by atoms with E-state index in [4.69, 9.17) is 9.47 Å². The first-order valence-electron chi connectivity index (χ1n) is 7.44. The zero-order valence-corrected chi connectivity index (χ0v) is 14.3. The van der Waals surface area contributed by atoms with Gasteiger partial charge in [0.15, 0.2) is 9.84 Å². The zero-order valence-electron chi connectivity index (χ0n) is 13.5. The highest BCUT2D eigenvalue weighted by Gasteiger charge is 2.25. The SMILES string of the molecule is COCC(=O)NC[C@H]1COCc2nc3cc(S(C)(=O)=O)ccc3n21. The number of aromatic nitrogens is 2. The molecule has 0 radical (unpaired) electrons. The van der Waals surface area contributed by atoms with Gasteiger partial charge in [0.25, 0.3) is 0 Å². The van der Waals surface area contributed by atoms with E-state index in [0.717, 1.165) is 5.52 Å². The Morgan fingerprint density at radius 2 is 2.29 bits per heavy atom. The van der Waals surface area contributed by atoms with Gasteiger partial charge in [0.05, 0.1) is 28.6 Å². The molecule has 9 heteroatoms. The van der Waals surface area contributed by atoms with Crippen molar-refractivity contribution in [1.29, 1.82) is 0 Å². The summed E-state index contributed by atoms with van der Waals surface area (Å²) < 4.78 is 35.7. The Morgan fingerprint density at radius 1 is 1.50 bits per heavy atom. The average molecular weight is 353 g/mol. The molecule has 0 saturated heterocycles. The van der Waals surface area contributed by atoms with Gasteiger partial charge in [-0.3, -0.25) is 4.79 Å². The molecule has 0 bridgehead atoms. The molecule has 1 N–H and O–H groups in total. The van der Waals surface area contributed by atoms with Crippen molar-refractivity contribution >= 4 is 26.8 Å². The van der Waals surface area contributed by atoms with Gasteiger partial charge in [-0.2, -0.15) is 0 Å². The third-order valence-corrected chi connectivity index (χ3v) is 4.99. The molecule has 0 spiro atoms. The minimum absolute atomic E-state index is 0.00281. The summed E-state index contributed by atoms with van der Waals surface area (Å²) in [7, 11) is -1.83. The van der Waals surface area contributed by atoms with Gasteiger partial charge in [0, 0.05) is 19.9 Å². The van der Waals surface area contributed by atoms with Gasteiger partial charge in [0.1, 0.15) is 19.0 Å². The normalized spacial score (nSPS) is 17.7. The maximum Gasteiger partial charge on any atom is 0.246 e. The Labute approximate surface area is 139 Å². The van der Waals surface area contributed by atoms with Gasteiger partial charge in [0.2, 0.25) is 5.91 Å². The van der Waals surface area contributed by atoms with E-state index in [2.05, 4.69) is 10.3 Å². The number of hydrogen-bond acceptors (Lipinski definition) is 6. The van der Waals surface area contributed by atoms with Gasteiger partial charge in [-0.25, -0.2) is 13.4 Å². The van der Waals surface area contributed by atoms with Crippen LogP contribution in [0.3, 0.4) is 0 Å². The number of methoxy groups -OCH3 is 1. The number of fused-ring (bicyclic) bond motifs is 3. The quantitative estimate of drug-likeness (QED) is 0.828. The Balaban J connectivity index is 1.93. The van der Waals surface area contributed by atoms with Crippen LogP contribution in [-0.2, 0) is 30.7 Å². The third kappa shape index (κ3) is 3.28. The Bertz CT molecular complexity index is 875. The van der Waals surface area contributed by atoms with Crippen LogP contribution in [0.1, 0.15) is 11.9 Å². The minimum Gasteiger partial charge on any atom is -0.375 e. The number of ether oxygens (including phenoxy) is 2. The number of benzene rings is 1. The lowest BCUT2D eigenvalue weighted by atomic mass is 10.2. The van der Waals surface area contributed by atoms with Crippen LogP contribution >= 0.6 is 0 Å². The van der Waals surface area contributed by atoms with Crippen LogP contribution in [0.5, 0.6) is 0 Å². The van der Waals surface area contributed by atoms with Crippen molar-refractivity contribution in [2.45, 2.75) is 17.5 Å². The number of sulfone groups is 1. The van der Waals surface area contributed by atoms with E-state index in [9.17, 15) is 13.2 Å². The Morgan fingerprint density at radius 3 is 3.00 bits per heavy atom. The molecule has 2 aromatic rings. The molecule has 1 amide bonds. The van der Waals surface area contributed by atoms with E-state index in [0.29, 0.717) is 31.1 Å². The number of nitrogens with zero attached hydrogens (tertiary/aromatic N) is 2. The first kappa shape index (κ1) is 16.9. The second kappa shape index (κ2) is 6.50. The molecule has 1 atom stereocenters. The van der Waals surface area contributed by atoms with Crippen LogP contribution in [0.15, 0.2) is 23.1 Å².